The van der Waals surface area contributed by atoms with Gasteiger partial charge in [0, 0.05) is 23.2 Å². The summed E-state index contributed by atoms with van der Waals surface area (Å²) in [6, 6.07) is 0. The van der Waals surface area contributed by atoms with Crippen LogP contribution in [0.5, 0.6) is 0 Å². The van der Waals surface area contributed by atoms with Gasteiger partial charge in [0.2, 0.25) is 0 Å². The maximum atomic E-state index is 12.6. The van der Waals surface area contributed by atoms with Crippen LogP contribution in [0.4, 0.5) is 8.78 Å². The minimum absolute atomic E-state index is 0.152. The van der Waals surface area contributed by atoms with E-state index in [0.717, 1.165) is 6.20 Å². The highest BCUT2D eigenvalue weighted by Crippen LogP contribution is 2.28. The van der Waals surface area contributed by atoms with Crippen LogP contribution in [-0.2, 0) is 17.1 Å². The predicted octanol–water partition coefficient (Wildman–Crippen LogP) is 2.99. The Morgan fingerprint density at radius 2 is 2.19 bits per heavy atom. The van der Waals surface area contributed by atoms with Crippen molar-refractivity contribution < 1.29 is 18.7 Å². The largest absolute Gasteiger partial charge is 0.481 e. The van der Waals surface area contributed by atoms with Crippen molar-refractivity contribution in [3.63, 3.8) is 0 Å². The van der Waals surface area contributed by atoms with Crippen LogP contribution in [0.25, 0.3) is 0 Å². The van der Waals surface area contributed by atoms with Crippen LogP contribution >= 0.6 is 34.2 Å². The van der Waals surface area contributed by atoms with Crippen molar-refractivity contribution in [3.05, 3.63) is 26.6 Å². The first-order valence-corrected chi connectivity index (χ1v) is 5.80. The molecule has 1 aromatic rings. The first-order valence-electron chi connectivity index (χ1n) is 4.19. The summed E-state index contributed by atoms with van der Waals surface area (Å²) < 4.78 is 25.6. The third kappa shape index (κ3) is 3.00. The fourth-order valence-electron chi connectivity index (χ4n) is 1.26. The molecule has 1 rings (SSSR count). The summed E-state index contributed by atoms with van der Waals surface area (Å²) >= 11 is 7.38. The van der Waals surface area contributed by atoms with Crippen LogP contribution in [0, 0.1) is 3.70 Å². The quantitative estimate of drug-likeness (QED) is 0.510. The number of nitrogens with zero attached hydrogens (tertiary/aromatic N) is 1. The summed E-state index contributed by atoms with van der Waals surface area (Å²) in [5.41, 5.74) is 0.131. The van der Waals surface area contributed by atoms with E-state index in [1.807, 2.05) is 0 Å². The van der Waals surface area contributed by atoms with Gasteiger partial charge in [-0.15, -0.1) is 11.6 Å². The topological polar surface area (TPSA) is 50.2 Å². The van der Waals surface area contributed by atoms with Crippen LogP contribution < -0.4 is 0 Å². The molecule has 1 heterocycles. The molecule has 0 radical (unpaired) electrons. The smallest absolute Gasteiger partial charge is 0.307 e. The van der Waals surface area contributed by atoms with Crippen molar-refractivity contribution in [2.75, 3.05) is 0 Å². The van der Waals surface area contributed by atoms with Gasteiger partial charge in [-0.25, -0.2) is 13.8 Å². The zero-order chi connectivity index (χ0) is 12.3. The maximum Gasteiger partial charge on any atom is 0.307 e. The lowest BCUT2D eigenvalue weighted by Crippen LogP contribution is -2.09. The van der Waals surface area contributed by atoms with E-state index in [1.165, 1.54) is 0 Å². The standard InChI is InChI=1S/C9H7ClF2INO2/c10-2-5-4(1-7(15)16)9(13)14-3-6(5)8(11)12/h3,8H,1-2H2,(H,15,16). The van der Waals surface area contributed by atoms with Crippen LogP contribution in [-0.4, -0.2) is 16.1 Å². The minimum atomic E-state index is -2.70. The molecule has 0 aliphatic carbocycles. The highest BCUT2D eigenvalue weighted by Gasteiger charge is 2.20. The molecule has 0 aliphatic rings. The molecular weight excluding hydrogens is 354 g/mol. The van der Waals surface area contributed by atoms with Gasteiger partial charge in [-0.2, -0.15) is 0 Å². The average Bonchev–Trinajstić information content (AvgIpc) is 2.19. The number of halogens is 4. The van der Waals surface area contributed by atoms with Crippen molar-refractivity contribution >= 4 is 40.2 Å². The van der Waals surface area contributed by atoms with Crippen molar-refractivity contribution in [2.45, 2.75) is 18.7 Å². The molecule has 3 nitrogen and oxygen atoms in total. The number of carboxylic acid groups (broad SMARTS) is 1. The van der Waals surface area contributed by atoms with Crippen molar-refractivity contribution in [1.82, 2.24) is 4.98 Å². The summed E-state index contributed by atoms with van der Waals surface area (Å²) in [4.78, 5) is 14.4. The van der Waals surface area contributed by atoms with Crippen LogP contribution in [0.1, 0.15) is 23.1 Å². The number of hydrogen-bond donors (Lipinski definition) is 1. The Hall–Kier alpha value is -0.500. The molecule has 0 saturated heterocycles. The Balaban J connectivity index is 3.32. The van der Waals surface area contributed by atoms with E-state index in [0.29, 0.717) is 3.70 Å². The summed E-state index contributed by atoms with van der Waals surface area (Å²) in [6.07, 6.45) is -2.02. The molecule has 0 saturated carbocycles. The zero-order valence-electron chi connectivity index (χ0n) is 7.88. The molecule has 88 valence electrons. The van der Waals surface area contributed by atoms with Gasteiger partial charge >= 0.3 is 5.97 Å². The van der Waals surface area contributed by atoms with E-state index in [2.05, 4.69) is 4.98 Å². The van der Waals surface area contributed by atoms with Crippen LogP contribution in [0.3, 0.4) is 0 Å². The van der Waals surface area contributed by atoms with Crippen LogP contribution in [0.15, 0.2) is 6.20 Å². The van der Waals surface area contributed by atoms with Crippen molar-refractivity contribution in [1.29, 1.82) is 0 Å². The Kier molecular flexibility index (Phi) is 4.85. The van der Waals surface area contributed by atoms with Crippen molar-refractivity contribution in [3.8, 4) is 0 Å². The molecule has 7 heteroatoms. The summed E-state index contributed by atoms with van der Waals surface area (Å²) in [5.74, 6) is -1.25. The number of carboxylic acids is 1. The Morgan fingerprint density at radius 3 is 2.62 bits per heavy atom. The SMILES string of the molecule is O=C(O)Cc1c(I)ncc(C(F)F)c1CCl. The van der Waals surface area contributed by atoms with Gasteiger partial charge in [-0.3, -0.25) is 4.79 Å². The number of aliphatic carboxylic acids is 1. The van der Waals surface area contributed by atoms with Crippen molar-refractivity contribution in [2.24, 2.45) is 0 Å². The summed E-state index contributed by atoms with van der Waals surface area (Å²) in [5, 5.41) is 8.68. The van der Waals surface area contributed by atoms with E-state index in [9.17, 15) is 13.6 Å². The molecule has 1 aromatic heterocycles. The first-order chi connectivity index (χ1) is 7.47. The number of rotatable bonds is 4. The van der Waals surface area contributed by atoms with Crippen LogP contribution in [0.2, 0.25) is 0 Å². The lowest BCUT2D eigenvalue weighted by molar-refractivity contribution is -0.136. The molecule has 0 bridgehead atoms. The van der Waals surface area contributed by atoms with Gasteiger partial charge in [0.05, 0.1) is 6.42 Å². The Bertz CT molecular complexity index is 415. The number of hydrogen-bond acceptors (Lipinski definition) is 2. The molecule has 0 aliphatic heterocycles. The lowest BCUT2D eigenvalue weighted by atomic mass is 10.0. The van der Waals surface area contributed by atoms with E-state index in [-0.39, 0.29) is 29.0 Å². The zero-order valence-corrected chi connectivity index (χ0v) is 10.8. The van der Waals surface area contributed by atoms with Gasteiger partial charge in [0.15, 0.2) is 0 Å². The summed E-state index contributed by atoms with van der Waals surface area (Å²) in [7, 11) is 0. The highest BCUT2D eigenvalue weighted by atomic mass is 127. The monoisotopic (exact) mass is 361 g/mol. The van der Waals surface area contributed by atoms with E-state index >= 15 is 0 Å². The third-order valence-electron chi connectivity index (χ3n) is 1.98. The normalized spacial score (nSPS) is 10.8. The number of alkyl halides is 3. The molecule has 0 spiro atoms. The Labute approximate surface area is 109 Å². The van der Waals surface area contributed by atoms with Gasteiger partial charge in [0.1, 0.15) is 3.70 Å². The number of pyridine rings is 1. The van der Waals surface area contributed by atoms with Gasteiger partial charge in [0.25, 0.3) is 6.43 Å². The molecule has 0 fully saturated rings. The second-order valence-electron chi connectivity index (χ2n) is 2.97. The molecule has 0 unspecified atom stereocenters. The maximum absolute atomic E-state index is 12.6. The Morgan fingerprint density at radius 1 is 1.56 bits per heavy atom. The van der Waals surface area contributed by atoms with E-state index in [4.69, 9.17) is 16.7 Å². The lowest BCUT2D eigenvalue weighted by Gasteiger charge is -2.12. The predicted molar refractivity (Wildman–Crippen MR) is 62.8 cm³/mol. The highest BCUT2D eigenvalue weighted by molar-refractivity contribution is 14.1. The van der Waals surface area contributed by atoms with E-state index in [1.54, 1.807) is 22.6 Å². The fourth-order valence-corrected chi connectivity index (χ4v) is 2.23. The average molecular weight is 362 g/mol. The fraction of sp³-hybridized carbons (Fsp3) is 0.333. The van der Waals surface area contributed by atoms with Gasteiger partial charge < -0.3 is 5.11 Å². The molecule has 0 amide bonds. The minimum Gasteiger partial charge on any atom is -0.481 e. The molecule has 0 aromatic carbocycles. The number of aromatic nitrogens is 1. The van der Waals surface area contributed by atoms with E-state index < -0.39 is 12.4 Å². The molecule has 1 N–H and O–H groups in total. The first kappa shape index (κ1) is 13.6. The summed E-state index contributed by atoms with van der Waals surface area (Å²) in [6.45, 7) is 0. The second-order valence-corrected chi connectivity index (χ2v) is 4.26. The third-order valence-corrected chi connectivity index (χ3v) is 3.17. The molecular formula is C9H7ClF2INO2. The number of carbonyl (C=O) groups is 1. The second kappa shape index (κ2) is 5.72. The van der Waals surface area contributed by atoms with Gasteiger partial charge in [-0.1, -0.05) is 0 Å². The molecule has 16 heavy (non-hydrogen) atoms. The molecule has 0 atom stereocenters. The van der Waals surface area contributed by atoms with Gasteiger partial charge in [-0.05, 0) is 28.2 Å².